The number of nitrogens with zero attached hydrogens (tertiary/aromatic N) is 3. The van der Waals surface area contributed by atoms with Crippen molar-refractivity contribution in [3.8, 4) is 0 Å². The number of benzene rings is 2. The molecule has 0 spiro atoms. The van der Waals surface area contributed by atoms with Crippen LogP contribution in [0.5, 0.6) is 0 Å². The van der Waals surface area contributed by atoms with E-state index < -0.39 is 5.97 Å². The third kappa shape index (κ3) is 4.81. The molecule has 0 saturated carbocycles. The van der Waals surface area contributed by atoms with E-state index in [4.69, 9.17) is 16.3 Å². The lowest BCUT2D eigenvalue weighted by molar-refractivity contribution is -0.117. The number of hydrogen-bond donors (Lipinski definition) is 0. The molecule has 4 rings (SSSR count). The summed E-state index contributed by atoms with van der Waals surface area (Å²) in [6, 6.07) is 13.8. The summed E-state index contributed by atoms with van der Waals surface area (Å²) in [6.45, 7) is 2.06. The SMILES string of the molecule is CC(=O)N(c1cccc(Cl)c1)c1nc(COC(=O)c2cccc(N3CCCC3=O)c2)cs1. The minimum absolute atomic E-state index is 0.0382. The molecule has 0 unspecified atom stereocenters. The molecular weight excluding hydrogens is 450 g/mol. The van der Waals surface area contributed by atoms with Crippen molar-refractivity contribution in [2.75, 3.05) is 16.3 Å². The van der Waals surface area contributed by atoms with Gasteiger partial charge in [-0.25, -0.2) is 9.78 Å². The third-order valence-electron chi connectivity index (χ3n) is 4.93. The fourth-order valence-electron chi connectivity index (χ4n) is 3.45. The molecule has 9 heteroatoms. The Labute approximate surface area is 194 Å². The largest absolute Gasteiger partial charge is 0.456 e. The Morgan fingerprint density at radius 3 is 2.75 bits per heavy atom. The summed E-state index contributed by atoms with van der Waals surface area (Å²) < 4.78 is 5.41. The number of carbonyl (C=O) groups excluding carboxylic acids is 3. The normalized spacial score (nSPS) is 13.3. The summed E-state index contributed by atoms with van der Waals surface area (Å²) >= 11 is 7.32. The third-order valence-corrected chi connectivity index (χ3v) is 6.04. The summed E-state index contributed by atoms with van der Waals surface area (Å²) in [5.41, 5.74) is 2.19. The lowest BCUT2D eigenvalue weighted by atomic mass is 10.2. The highest BCUT2D eigenvalue weighted by Gasteiger charge is 2.23. The monoisotopic (exact) mass is 469 g/mol. The Kier molecular flexibility index (Phi) is 6.53. The van der Waals surface area contributed by atoms with Crippen LogP contribution in [0.25, 0.3) is 0 Å². The average molecular weight is 470 g/mol. The average Bonchev–Trinajstić information content (AvgIpc) is 3.41. The lowest BCUT2D eigenvalue weighted by Crippen LogP contribution is -2.23. The second-order valence-electron chi connectivity index (χ2n) is 7.23. The molecule has 1 aliphatic rings. The minimum atomic E-state index is -0.508. The molecule has 2 amide bonds. The van der Waals surface area contributed by atoms with Crippen LogP contribution in [-0.2, 0) is 20.9 Å². The fourth-order valence-corrected chi connectivity index (χ4v) is 4.51. The van der Waals surface area contributed by atoms with Gasteiger partial charge in [0, 0.05) is 36.0 Å². The van der Waals surface area contributed by atoms with E-state index in [1.165, 1.54) is 23.2 Å². The van der Waals surface area contributed by atoms with Gasteiger partial charge >= 0.3 is 5.97 Å². The molecule has 0 N–H and O–H groups in total. The number of thiazole rings is 1. The molecule has 1 aromatic heterocycles. The van der Waals surface area contributed by atoms with Crippen molar-refractivity contribution in [3.63, 3.8) is 0 Å². The van der Waals surface area contributed by atoms with E-state index >= 15 is 0 Å². The van der Waals surface area contributed by atoms with Crippen molar-refractivity contribution < 1.29 is 19.1 Å². The number of hydrogen-bond acceptors (Lipinski definition) is 6. The van der Waals surface area contributed by atoms with Crippen molar-refractivity contribution in [1.82, 2.24) is 4.98 Å². The number of esters is 1. The maximum absolute atomic E-state index is 12.5. The van der Waals surface area contributed by atoms with E-state index in [0.717, 1.165) is 6.42 Å². The summed E-state index contributed by atoms with van der Waals surface area (Å²) in [4.78, 5) is 44.3. The number of aromatic nitrogens is 1. The topological polar surface area (TPSA) is 79.8 Å². The van der Waals surface area contributed by atoms with Crippen LogP contribution in [0.3, 0.4) is 0 Å². The highest BCUT2D eigenvalue weighted by molar-refractivity contribution is 7.14. The Bertz CT molecular complexity index is 1180. The summed E-state index contributed by atoms with van der Waals surface area (Å²) in [5, 5.41) is 2.71. The first-order chi connectivity index (χ1) is 15.4. The maximum Gasteiger partial charge on any atom is 0.338 e. The molecule has 7 nitrogen and oxygen atoms in total. The van der Waals surface area contributed by atoms with Gasteiger partial charge in [0.25, 0.3) is 0 Å². The van der Waals surface area contributed by atoms with Gasteiger partial charge in [-0.05, 0) is 42.8 Å². The number of amides is 2. The molecule has 32 heavy (non-hydrogen) atoms. The first-order valence-corrected chi connectivity index (χ1v) is 11.3. The second kappa shape index (κ2) is 9.50. The van der Waals surface area contributed by atoms with E-state index in [1.54, 1.807) is 58.8 Å². The Hall–Kier alpha value is -3.23. The van der Waals surface area contributed by atoms with Gasteiger partial charge in [-0.15, -0.1) is 11.3 Å². The van der Waals surface area contributed by atoms with Gasteiger partial charge in [0.1, 0.15) is 6.61 Å². The molecule has 1 fully saturated rings. The summed E-state index contributed by atoms with van der Waals surface area (Å²) in [5.74, 6) is -0.662. The zero-order chi connectivity index (χ0) is 22.7. The second-order valence-corrected chi connectivity index (χ2v) is 8.50. The fraction of sp³-hybridized carbons (Fsp3) is 0.217. The predicted octanol–water partition coefficient (Wildman–Crippen LogP) is 4.96. The summed E-state index contributed by atoms with van der Waals surface area (Å²) in [6.07, 6.45) is 1.33. The number of halogens is 1. The highest BCUT2D eigenvalue weighted by Crippen LogP contribution is 2.31. The van der Waals surface area contributed by atoms with E-state index in [9.17, 15) is 14.4 Å². The Morgan fingerprint density at radius 2 is 2.03 bits per heavy atom. The van der Waals surface area contributed by atoms with Gasteiger partial charge in [-0.2, -0.15) is 0 Å². The summed E-state index contributed by atoms with van der Waals surface area (Å²) in [7, 11) is 0. The molecule has 1 saturated heterocycles. The molecule has 2 aromatic carbocycles. The number of carbonyl (C=O) groups is 3. The molecule has 0 aliphatic carbocycles. The van der Waals surface area contributed by atoms with Gasteiger partial charge in [0.15, 0.2) is 5.13 Å². The Morgan fingerprint density at radius 1 is 1.22 bits per heavy atom. The van der Waals surface area contributed by atoms with Crippen LogP contribution >= 0.6 is 22.9 Å². The molecule has 2 heterocycles. The minimum Gasteiger partial charge on any atom is -0.456 e. The molecular formula is C23H20ClN3O4S. The molecule has 0 bridgehead atoms. The van der Waals surface area contributed by atoms with Crippen LogP contribution < -0.4 is 9.80 Å². The molecule has 0 radical (unpaired) electrons. The van der Waals surface area contributed by atoms with Crippen LogP contribution in [0.1, 0.15) is 35.8 Å². The zero-order valence-corrected chi connectivity index (χ0v) is 18.9. The standard InChI is InChI=1S/C23H20ClN3O4S/c1-15(28)27(20-8-3-6-17(24)12-20)23-25-18(14-32-23)13-31-22(30)16-5-2-7-19(11-16)26-10-4-9-21(26)29/h2-3,5-8,11-12,14H,4,9-10,13H2,1H3. The number of anilines is 3. The van der Waals surface area contributed by atoms with Crippen molar-refractivity contribution in [3.05, 3.63) is 70.2 Å². The van der Waals surface area contributed by atoms with Crippen molar-refractivity contribution in [2.45, 2.75) is 26.4 Å². The van der Waals surface area contributed by atoms with Crippen LogP contribution in [0, 0.1) is 0 Å². The highest BCUT2D eigenvalue weighted by atomic mass is 35.5. The van der Waals surface area contributed by atoms with E-state index in [-0.39, 0.29) is 18.4 Å². The number of ether oxygens (including phenoxy) is 1. The first kappa shape index (κ1) is 22.0. The Balaban J connectivity index is 1.44. The van der Waals surface area contributed by atoms with Gasteiger partial charge < -0.3 is 9.64 Å². The van der Waals surface area contributed by atoms with E-state index in [1.807, 2.05) is 0 Å². The molecule has 0 atom stereocenters. The molecule has 164 valence electrons. The van der Waals surface area contributed by atoms with Gasteiger partial charge in [0.2, 0.25) is 11.8 Å². The van der Waals surface area contributed by atoms with Crippen LogP contribution in [0.15, 0.2) is 53.9 Å². The van der Waals surface area contributed by atoms with Gasteiger partial charge in [0.05, 0.1) is 16.9 Å². The van der Waals surface area contributed by atoms with Crippen LogP contribution in [0.2, 0.25) is 5.02 Å². The first-order valence-electron chi connectivity index (χ1n) is 10.0. The van der Waals surface area contributed by atoms with Gasteiger partial charge in [-0.1, -0.05) is 23.7 Å². The molecule has 1 aliphatic heterocycles. The maximum atomic E-state index is 12.5. The quantitative estimate of drug-likeness (QED) is 0.476. The van der Waals surface area contributed by atoms with Crippen molar-refractivity contribution >= 4 is 57.2 Å². The smallest absolute Gasteiger partial charge is 0.338 e. The van der Waals surface area contributed by atoms with E-state index in [2.05, 4.69) is 4.98 Å². The van der Waals surface area contributed by atoms with Crippen LogP contribution in [-0.4, -0.2) is 29.3 Å². The predicted molar refractivity (Wildman–Crippen MR) is 124 cm³/mol. The van der Waals surface area contributed by atoms with Crippen LogP contribution in [0.4, 0.5) is 16.5 Å². The number of rotatable bonds is 6. The molecule has 3 aromatic rings. The van der Waals surface area contributed by atoms with Crippen molar-refractivity contribution in [2.24, 2.45) is 0 Å². The van der Waals surface area contributed by atoms with Gasteiger partial charge in [-0.3, -0.25) is 14.5 Å². The van der Waals surface area contributed by atoms with E-state index in [0.29, 0.717) is 45.8 Å². The zero-order valence-electron chi connectivity index (χ0n) is 17.3. The van der Waals surface area contributed by atoms with Crippen molar-refractivity contribution in [1.29, 1.82) is 0 Å². The lowest BCUT2D eigenvalue weighted by Gasteiger charge is -2.18.